The van der Waals surface area contributed by atoms with Crippen molar-refractivity contribution in [3.63, 3.8) is 0 Å². The molecular weight excluding hydrogens is 816 g/mol. The predicted molar refractivity (Wildman–Crippen MR) is 275 cm³/mol. The van der Waals surface area contributed by atoms with E-state index in [0.29, 0.717) is 17.4 Å². The monoisotopic (exact) mass is 925 g/mol. The van der Waals surface area contributed by atoms with E-state index in [1.165, 1.54) is 212 Å². The lowest BCUT2D eigenvalue weighted by Crippen LogP contribution is -2.45. The number of phosphoric acid groups is 1. The van der Waals surface area contributed by atoms with E-state index in [-0.39, 0.29) is 19.1 Å². The van der Waals surface area contributed by atoms with Gasteiger partial charge in [0.2, 0.25) is 5.91 Å². The summed E-state index contributed by atoms with van der Waals surface area (Å²) in [6, 6.07) is -0.899. The third kappa shape index (κ3) is 48.9. The van der Waals surface area contributed by atoms with Gasteiger partial charge >= 0.3 is 0 Å². The maximum atomic E-state index is 12.9. The SMILES string of the molecule is CCCCCCCCCCCCCCCCCCCCCCCCC/C=C/CC/C=C/C(O)C(COP(=O)([O-])OCC[N+](C)(C)C)NC(=O)CCCCCCCCCCCCCCC. The summed E-state index contributed by atoms with van der Waals surface area (Å²) >= 11 is 0. The molecule has 9 heteroatoms. The number of allylic oxidation sites excluding steroid dienone is 3. The maximum Gasteiger partial charge on any atom is 0.268 e. The molecule has 0 spiro atoms. The van der Waals surface area contributed by atoms with Crippen molar-refractivity contribution < 1.29 is 32.9 Å². The number of hydrogen-bond donors (Lipinski definition) is 2. The van der Waals surface area contributed by atoms with Gasteiger partial charge in [-0.1, -0.05) is 256 Å². The largest absolute Gasteiger partial charge is 0.756 e. The minimum atomic E-state index is -4.60. The van der Waals surface area contributed by atoms with E-state index in [0.717, 1.165) is 38.5 Å². The third-order valence-electron chi connectivity index (χ3n) is 12.7. The lowest BCUT2D eigenvalue weighted by molar-refractivity contribution is -0.870. The molecule has 0 bridgehead atoms. The molecule has 0 radical (unpaired) electrons. The number of amides is 1. The molecule has 0 aliphatic heterocycles. The number of likely N-dealkylation sites (N-methyl/N-ethyl adjacent to an activating group) is 1. The molecule has 2 N–H and O–H groups in total. The Morgan fingerprint density at radius 1 is 0.531 bits per heavy atom. The first-order valence-corrected chi connectivity index (χ1v) is 29.2. The van der Waals surface area contributed by atoms with Crippen LogP contribution in [0.15, 0.2) is 24.3 Å². The van der Waals surface area contributed by atoms with Gasteiger partial charge in [0.25, 0.3) is 7.82 Å². The Morgan fingerprint density at radius 2 is 0.875 bits per heavy atom. The Bertz CT molecular complexity index is 1090. The van der Waals surface area contributed by atoms with Crippen molar-refractivity contribution in [3.8, 4) is 0 Å². The van der Waals surface area contributed by atoms with Crippen LogP contribution in [0.1, 0.15) is 271 Å². The van der Waals surface area contributed by atoms with E-state index in [4.69, 9.17) is 9.05 Å². The Balaban J connectivity index is 4.16. The number of unbranched alkanes of at least 4 members (excludes halogenated alkanes) is 36. The van der Waals surface area contributed by atoms with Crippen molar-refractivity contribution in [3.05, 3.63) is 24.3 Å². The molecule has 0 aliphatic rings. The number of quaternary nitrogens is 1. The Labute approximate surface area is 398 Å². The van der Waals surface area contributed by atoms with Gasteiger partial charge in [-0.25, -0.2) is 0 Å². The molecule has 0 aromatic carbocycles. The van der Waals surface area contributed by atoms with Crippen molar-refractivity contribution in [2.75, 3.05) is 40.9 Å². The number of aliphatic hydroxyl groups excluding tert-OH is 1. The highest BCUT2D eigenvalue weighted by Gasteiger charge is 2.23. The zero-order chi connectivity index (χ0) is 47.1. The van der Waals surface area contributed by atoms with Gasteiger partial charge in [0.1, 0.15) is 13.2 Å². The zero-order valence-electron chi connectivity index (χ0n) is 43.3. The Morgan fingerprint density at radius 3 is 1.27 bits per heavy atom. The fourth-order valence-corrected chi connectivity index (χ4v) is 9.01. The van der Waals surface area contributed by atoms with Gasteiger partial charge in [0.15, 0.2) is 0 Å². The molecule has 1 amide bonds. The van der Waals surface area contributed by atoms with Crippen LogP contribution in [-0.2, 0) is 18.4 Å². The van der Waals surface area contributed by atoms with Gasteiger partial charge in [-0.05, 0) is 32.1 Å². The van der Waals surface area contributed by atoms with Gasteiger partial charge in [-0.3, -0.25) is 9.36 Å². The van der Waals surface area contributed by atoms with E-state index >= 15 is 0 Å². The standard InChI is InChI=1S/C55H109N2O6P/c1-6-8-10-12-14-16-18-20-21-22-23-24-25-26-27-28-29-30-31-32-33-34-35-37-38-40-42-44-46-48-54(58)53(52-63-64(60,61)62-51-50-57(3,4)5)56-55(59)49-47-45-43-41-39-36-19-17-15-13-11-9-7-2/h38,40,46,48,53-54,58H,6-37,39,41-45,47,49-52H2,1-5H3,(H-,56,59,60,61)/b40-38+,48-46+. The minimum absolute atomic E-state index is 0.00399. The van der Waals surface area contributed by atoms with Crippen LogP contribution in [0.5, 0.6) is 0 Å². The summed E-state index contributed by atoms with van der Waals surface area (Å²) < 4.78 is 23.3. The maximum absolute atomic E-state index is 12.9. The average Bonchev–Trinajstić information content (AvgIpc) is 3.25. The molecule has 3 atom stereocenters. The lowest BCUT2D eigenvalue weighted by atomic mass is 10.0. The topological polar surface area (TPSA) is 108 Å². The number of phosphoric ester groups is 1. The second-order valence-electron chi connectivity index (χ2n) is 20.3. The van der Waals surface area contributed by atoms with Crippen molar-refractivity contribution in [1.29, 1.82) is 0 Å². The van der Waals surface area contributed by atoms with E-state index < -0.39 is 20.0 Å². The summed E-state index contributed by atoms with van der Waals surface area (Å²) in [5.74, 6) is -0.204. The highest BCUT2D eigenvalue weighted by molar-refractivity contribution is 7.45. The number of nitrogens with zero attached hydrogens (tertiary/aromatic N) is 1. The Hall–Kier alpha value is -1.02. The summed E-state index contributed by atoms with van der Waals surface area (Å²) in [6.45, 7) is 4.65. The fraction of sp³-hybridized carbons (Fsp3) is 0.909. The van der Waals surface area contributed by atoms with Crippen LogP contribution in [0.3, 0.4) is 0 Å². The van der Waals surface area contributed by atoms with Gasteiger partial charge in [-0.2, -0.15) is 0 Å². The molecule has 0 rings (SSSR count). The van der Waals surface area contributed by atoms with Crippen molar-refractivity contribution >= 4 is 13.7 Å². The second-order valence-corrected chi connectivity index (χ2v) is 21.7. The molecule has 0 aromatic heterocycles. The van der Waals surface area contributed by atoms with E-state index in [1.54, 1.807) is 6.08 Å². The highest BCUT2D eigenvalue weighted by Crippen LogP contribution is 2.38. The number of rotatable bonds is 51. The molecular formula is C55H109N2O6P. The lowest BCUT2D eigenvalue weighted by Gasteiger charge is -2.29. The normalized spacial score (nSPS) is 14.2. The molecule has 0 saturated heterocycles. The van der Waals surface area contributed by atoms with E-state index in [9.17, 15) is 19.4 Å². The summed E-state index contributed by atoms with van der Waals surface area (Å²) in [4.78, 5) is 25.4. The van der Waals surface area contributed by atoms with E-state index in [2.05, 4.69) is 31.3 Å². The number of nitrogens with one attached hydrogen (secondary N) is 1. The number of carbonyl (C=O) groups is 1. The quantitative estimate of drug-likeness (QED) is 0.0272. The van der Waals surface area contributed by atoms with Crippen molar-refractivity contribution in [1.82, 2.24) is 5.32 Å². The summed E-state index contributed by atoms with van der Waals surface area (Å²) in [5.41, 5.74) is 0. The fourth-order valence-electron chi connectivity index (χ4n) is 8.29. The minimum Gasteiger partial charge on any atom is -0.756 e. The van der Waals surface area contributed by atoms with Crippen LogP contribution < -0.4 is 10.2 Å². The van der Waals surface area contributed by atoms with Crippen LogP contribution in [-0.4, -0.2) is 68.5 Å². The molecule has 64 heavy (non-hydrogen) atoms. The van der Waals surface area contributed by atoms with Gasteiger partial charge in [0, 0.05) is 6.42 Å². The molecule has 8 nitrogen and oxygen atoms in total. The van der Waals surface area contributed by atoms with Gasteiger partial charge < -0.3 is 28.8 Å². The van der Waals surface area contributed by atoms with Crippen LogP contribution in [0.25, 0.3) is 0 Å². The molecule has 3 unspecified atom stereocenters. The predicted octanol–water partition coefficient (Wildman–Crippen LogP) is 15.8. The first-order chi connectivity index (χ1) is 31.0. The van der Waals surface area contributed by atoms with Crippen LogP contribution in [0.2, 0.25) is 0 Å². The van der Waals surface area contributed by atoms with Gasteiger partial charge in [-0.15, -0.1) is 0 Å². The molecule has 0 heterocycles. The van der Waals surface area contributed by atoms with Crippen molar-refractivity contribution in [2.24, 2.45) is 0 Å². The summed E-state index contributed by atoms with van der Waals surface area (Å²) in [6.07, 6.45) is 58.4. The molecule has 380 valence electrons. The third-order valence-corrected chi connectivity index (χ3v) is 13.6. The molecule has 0 aromatic rings. The second kappa shape index (κ2) is 47.1. The first-order valence-electron chi connectivity index (χ1n) is 27.7. The van der Waals surface area contributed by atoms with Gasteiger partial charge in [0.05, 0.1) is 39.9 Å². The van der Waals surface area contributed by atoms with E-state index in [1.807, 2.05) is 27.2 Å². The average molecular weight is 925 g/mol. The molecule has 0 saturated carbocycles. The highest BCUT2D eigenvalue weighted by atomic mass is 31.2. The zero-order valence-corrected chi connectivity index (χ0v) is 44.1. The number of hydrogen-bond acceptors (Lipinski definition) is 6. The Kier molecular flexibility index (Phi) is 46.3. The molecule has 0 aliphatic carbocycles. The number of aliphatic hydroxyl groups is 1. The summed E-state index contributed by atoms with van der Waals surface area (Å²) in [5, 5.41) is 13.8. The van der Waals surface area contributed by atoms with Crippen LogP contribution >= 0.6 is 7.82 Å². The number of carbonyl (C=O) groups excluding carboxylic acids is 1. The smallest absolute Gasteiger partial charge is 0.268 e. The van der Waals surface area contributed by atoms with Crippen molar-refractivity contribution in [2.45, 2.75) is 283 Å². The van der Waals surface area contributed by atoms with Crippen LogP contribution in [0, 0.1) is 0 Å². The first kappa shape index (κ1) is 63.0. The molecule has 0 fully saturated rings. The summed E-state index contributed by atoms with van der Waals surface area (Å²) in [7, 11) is 1.25. The van der Waals surface area contributed by atoms with Crippen LogP contribution in [0.4, 0.5) is 0 Å².